The molecule has 33 heavy (non-hydrogen) atoms. The summed E-state index contributed by atoms with van der Waals surface area (Å²) in [5, 5.41) is 22.0. The number of thiocarbonyl (C=S) groups is 1. The summed E-state index contributed by atoms with van der Waals surface area (Å²) in [6.45, 7) is 3.87. The Bertz CT molecular complexity index is 1250. The fourth-order valence-electron chi connectivity index (χ4n) is 3.47. The van der Waals surface area contributed by atoms with E-state index in [2.05, 4.69) is 5.32 Å². The highest BCUT2D eigenvalue weighted by Gasteiger charge is 2.34. The molecule has 2 aromatic rings. The molecule has 1 saturated heterocycles. The number of carboxylic acid groups (broad SMARTS) is 1. The molecule has 0 spiro atoms. The number of rotatable bonds is 8. The number of aromatic nitrogens is 1. The number of carbonyl (C=O) groups excluding carboxylic acids is 1. The molecule has 0 unspecified atom stereocenters. The first-order chi connectivity index (χ1) is 15.8. The number of carboxylic acids is 1. The van der Waals surface area contributed by atoms with Crippen LogP contribution >= 0.6 is 24.0 Å². The van der Waals surface area contributed by atoms with Gasteiger partial charge < -0.3 is 10.4 Å². The first-order valence-corrected chi connectivity index (χ1v) is 11.4. The van der Waals surface area contributed by atoms with Crippen molar-refractivity contribution in [2.24, 2.45) is 0 Å². The van der Waals surface area contributed by atoms with E-state index >= 15 is 0 Å². The highest BCUT2D eigenvalue weighted by molar-refractivity contribution is 8.26. The zero-order valence-electron chi connectivity index (χ0n) is 18.1. The molecule has 1 fully saturated rings. The number of nitriles is 1. The number of nitrogens with one attached hydrogen (secondary N) is 1. The minimum absolute atomic E-state index is 0.000903. The summed E-state index contributed by atoms with van der Waals surface area (Å²) in [5.74, 6) is -1.20. The number of nitrogens with zero attached hydrogens (tertiary/aromatic N) is 3. The van der Waals surface area contributed by atoms with E-state index in [-0.39, 0.29) is 14.8 Å². The number of hydrogen-bond acceptors (Lipinski definition) is 7. The third-order valence-electron chi connectivity index (χ3n) is 5.07. The number of pyridine rings is 1. The molecule has 2 N–H and O–H groups in total. The van der Waals surface area contributed by atoms with Crippen LogP contribution in [-0.2, 0) is 22.7 Å². The largest absolute Gasteiger partial charge is 0.480 e. The van der Waals surface area contributed by atoms with Crippen molar-refractivity contribution in [1.29, 1.82) is 5.26 Å². The Morgan fingerprint density at radius 2 is 2.00 bits per heavy atom. The standard InChI is InChI=1S/C23H22N4O4S2/c1-3-9-26-20(25-12-15-7-5-4-6-8-15)16(14(2)17(11-24)21(26)30)10-18-22(31)27(13-19(28)29)23(32)33-18/h4-8,10,25H,3,9,12-13H2,1-2H3,(H,28,29)/b18-10+. The van der Waals surface area contributed by atoms with Gasteiger partial charge in [-0.15, -0.1) is 0 Å². The summed E-state index contributed by atoms with van der Waals surface area (Å²) in [6.07, 6.45) is 2.24. The maximum atomic E-state index is 13.0. The molecule has 1 aromatic heterocycles. The van der Waals surface area contributed by atoms with Crippen molar-refractivity contribution in [2.45, 2.75) is 33.4 Å². The van der Waals surface area contributed by atoms with Gasteiger partial charge in [0.2, 0.25) is 0 Å². The van der Waals surface area contributed by atoms with Gasteiger partial charge in [-0.3, -0.25) is 23.9 Å². The molecule has 0 atom stereocenters. The van der Waals surface area contributed by atoms with E-state index in [1.807, 2.05) is 43.3 Å². The molecule has 10 heteroatoms. The zero-order valence-corrected chi connectivity index (χ0v) is 19.8. The number of carbonyl (C=O) groups is 2. The van der Waals surface area contributed by atoms with Gasteiger partial charge in [0.25, 0.3) is 11.5 Å². The quantitative estimate of drug-likeness (QED) is 0.435. The van der Waals surface area contributed by atoms with E-state index < -0.39 is 24.0 Å². The molecular weight excluding hydrogens is 460 g/mol. The van der Waals surface area contributed by atoms with Gasteiger partial charge in [0.1, 0.15) is 28.3 Å². The number of aliphatic carboxylic acids is 1. The summed E-state index contributed by atoms with van der Waals surface area (Å²) in [4.78, 5) is 38.2. The smallest absolute Gasteiger partial charge is 0.323 e. The van der Waals surface area contributed by atoms with Gasteiger partial charge >= 0.3 is 5.97 Å². The van der Waals surface area contributed by atoms with Crippen molar-refractivity contribution in [2.75, 3.05) is 11.9 Å². The minimum atomic E-state index is -1.17. The molecule has 1 aliphatic rings. The highest BCUT2D eigenvalue weighted by Crippen LogP contribution is 2.35. The second-order valence-electron chi connectivity index (χ2n) is 7.33. The number of amides is 1. The van der Waals surface area contributed by atoms with E-state index in [9.17, 15) is 19.6 Å². The lowest BCUT2D eigenvalue weighted by molar-refractivity contribution is -0.140. The molecule has 2 heterocycles. The maximum absolute atomic E-state index is 13.0. The summed E-state index contributed by atoms with van der Waals surface area (Å²) >= 11 is 6.18. The van der Waals surface area contributed by atoms with Gasteiger partial charge in [0.05, 0.1) is 4.91 Å². The Balaban J connectivity index is 2.15. The molecule has 8 nitrogen and oxygen atoms in total. The van der Waals surface area contributed by atoms with Gasteiger partial charge in [-0.25, -0.2) is 0 Å². The normalized spacial score (nSPS) is 14.6. The van der Waals surface area contributed by atoms with Crippen molar-refractivity contribution in [3.8, 4) is 6.07 Å². The second kappa shape index (κ2) is 10.5. The maximum Gasteiger partial charge on any atom is 0.323 e. The van der Waals surface area contributed by atoms with Crippen LogP contribution in [0.5, 0.6) is 0 Å². The second-order valence-corrected chi connectivity index (χ2v) is 9.01. The Morgan fingerprint density at radius 3 is 2.61 bits per heavy atom. The molecule has 3 rings (SSSR count). The van der Waals surface area contributed by atoms with Crippen LogP contribution in [0.25, 0.3) is 6.08 Å². The minimum Gasteiger partial charge on any atom is -0.480 e. The Kier molecular flexibility index (Phi) is 7.68. The molecule has 0 aliphatic carbocycles. The predicted molar refractivity (Wildman–Crippen MR) is 132 cm³/mol. The fraction of sp³-hybridized carbons (Fsp3) is 0.261. The van der Waals surface area contributed by atoms with Gasteiger partial charge in [0.15, 0.2) is 0 Å². The van der Waals surface area contributed by atoms with E-state index in [4.69, 9.17) is 17.3 Å². The average Bonchev–Trinajstić information content (AvgIpc) is 3.04. The van der Waals surface area contributed by atoms with E-state index in [0.29, 0.717) is 36.5 Å². The molecule has 1 amide bonds. The Labute approximate surface area is 200 Å². The van der Waals surface area contributed by atoms with Crippen LogP contribution in [0.2, 0.25) is 0 Å². The number of hydrogen-bond donors (Lipinski definition) is 2. The topological polar surface area (TPSA) is 115 Å². The third kappa shape index (κ3) is 5.16. The number of anilines is 1. The zero-order chi connectivity index (χ0) is 24.1. The van der Waals surface area contributed by atoms with E-state index in [1.54, 1.807) is 13.0 Å². The van der Waals surface area contributed by atoms with Crippen molar-refractivity contribution in [3.05, 3.63) is 67.8 Å². The average molecular weight is 483 g/mol. The van der Waals surface area contributed by atoms with Crippen LogP contribution < -0.4 is 10.9 Å². The number of benzene rings is 1. The van der Waals surface area contributed by atoms with Crippen LogP contribution in [0.3, 0.4) is 0 Å². The third-order valence-corrected chi connectivity index (χ3v) is 6.45. The summed E-state index contributed by atoms with van der Waals surface area (Å²) in [7, 11) is 0. The summed E-state index contributed by atoms with van der Waals surface area (Å²) in [5.41, 5.74) is 1.55. The molecule has 170 valence electrons. The van der Waals surface area contributed by atoms with Crippen molar-refractivity contribution >= 4 is 52.1 Å². The molecular formula is C23H22N4O4S2. The molecule has 1 aromatic carbocycles. The molecule has 1 aliphatic heterocycles. The van der Waals surface area contributed by atoms with Crippen molar-refractivity contribution in [1.82, 2.24) is 9.47 Å². The summed E-state index contributed by atoms with van der Waals surface area (Å²) in [6, 6.07) is 11.6. The lowest BCUT2D eigenvalue weighted by Crippen LogP contribution is -2.33. The van der Waals surface area contributed by atoms with E-state index in [0.717, 1.165) is 22.2 Å². The van der Waals surface area contributed by atoms with Crippen LogP contribution in [0, 0.1) is 18.3 Å². The predicted octanol–water partition coefficient (Wildman–Crippen LogP) is 3.34. The van der Waals surface area contributed by atoms with Gasteiger partial charge in [-0.1, -0.05) is 61.2 Å². The first-order valence-electron chi connectivity index (χ1n) is 10.2. The van der Waals surface area contributed by atoms with Crippen molar-refractivity contribution < 1.29 is 14.7 Å². The molecule has 0 bridgehead atoms. The van der Waals surface area contributed by atoms with Gasteiger partial charge in [0, 0.05) is 18.7 Å². The van der Waals surface area contributed by atoms with Crippen molar-refractivity contribution in [3.63, 3.8) is 0 Å². The molecule has 0 saturated carbocycles. The van der Waals surface area contributed by atoms with Crippen LogP contribution in [0.4, 0.5) is 5.82 Å². The Morgan fingerprint density at radius 1 is 1.30 bits per heavy atom. The first kappa shape index (κ1) is 24.2. The lowest BCUT2D eigenvalue weighted by Gasteiger charge is -2.20. The monoisotopic (exact) mass is 482 g/mol. The fourth-order valence-corrected chi connectivity index (χ4v) is 4.71. The van der Waals surface area contributed by atoms with Gasteiger partial charge in [-0.05, 0) is 30.5 Å². The lowest BCUT2D eigenvalue weighted by atomic mass is 10.0. The summed E-state index contributed by atoms with van der Waals surface area (Å²) < 4.78 is 1.66. The Hall–Kier alpha value is -3.42. The highest BCUT2D eigenvalue weighted by atomic mass is 32.2. The van der Waals surface area contributed by atoms with E-state index in [1.165, 1.54) is 4.57 Å². The molecule has 0 radical (unpaired) electrons. The number of thioether (sulfide) groups is 1. The van der Waals surface area contributed by atoms with Crippen LogP contribution in [0.15, 0.2) is 40.0 Å². The van der Waals surface area contributed by atoms with Crippen LogP contribution in [0.1, 0.15) is 35.6 Å². The van der Waals surface area contributed by atoms with Gasteiger partial charge in [-0.2, -0.15) is 5.26 Å². The van der Waals surface area contributed by atoms with Crippen LogP contribution in [-0.4, -0.2) is 37.3 Å². The SMILES string of the molecule is CCCn1c(NCc2ccccc2)c(/C=C2/SC(=S)N(CC(=O)O)C2=O)c(C)c(C#N)c1=O.